The third-order valence-corrected chi connectivity index (χ3v) is 4.15. The second-order valence-corrected chi connectivity index (χ2v) is 5.68. The van der Waals surface area contributed by atoms with Gasteiger partial charge in [-0.05, 0) is 24.1 Å². The summed E-state index contributed by atoms with van der Waals surface area (Å²) < 4.78 is 1.72. The van der Waals surface area contributed by atoms with Crippen molar-refractivity contribution in [3.8, 4) is 6.07 Å². The van der Waals surface area contributed by atoms with Crippen molar-refractivity contribution >= 4 is 28.9 Å². The van der Waals surface area contributed by atoms with Crippen LogP contribution in [0, 0.1) is 11.3 Å². The van der Waals surface area contributed by atoms with Gasteiger partial charge in [0, 0.05) is 19.2 Å². The van der Waals surface area contributed by atoms with Crippen LogP contribution < -0.4 is 10.6 Å². The number of hydrogen-bond donors (Lipinski definition) is 2. The second kappa shape index (κ2) is 6.77. The number of nitriles is 1. The lowest BCUT2D eigenvalue weighted by atomic mass is 10.1. The summed E-state index contributed by atoms with van der Waals surface area (Å²) in [4.78, 5) is 4.54. The molecule has 2 heterocycles. The maximum Gasteiger partial charge on any atom is 0.162 e. The van der Waals surface area contributed by atoms with E-state index in [1.807, 2.05) is 18.2 Å². The summed E-state index contributed by atoms with van der Waals surface area (Å²) in [5.74, 6) is 1.28. The number of benzene rings is 1. The summed E-state index contributed by atoms with van der Waals surface area (Å²) in [7, 11) is 1.78. The number of halogens is 1. The highest BCUT2D eigenvalue weighted by molar-refractivity contribution is 6.35. The fourth-order valence-corrected chi connectivity index (χ4v) is 2.81. The second-order valence-electron chi connectivity index (χ2n) is 5.30. The maximum absolute atomic E-state index is 9.01. The van der Waals surface area contributed by atoms with Gasteiger partial charge in [-0.1, -0.05) is 30.7 Å². The Morgan fingerprint density at radius 1 is 1.38 bits per heavy atom. The summed E-state index contributed by atoms with van der Waals surface area (Å²) in [5, 5.41) is 20.2. The molecule has 3 aromatic rings. The molecule has 0 aliphatic rings. The molecule has 0 fully saturated rings. The van der Waals surface area contributed by atoms with Crippen LogP contribution in [0.4, 0.5) is 11.6 Å². The SMILES string of the molecule is CCc1cnn2c(NCc3cccc(C#N)c3)c(Cl)c(NC)nc12. The summed E-state index contributed by atoms with van der Waals surface area (Å²) in [5.41, 5.74) is 3.45. The van der Waals surface area contributed by atoms with Crippen molar-refractivity contribution in [1.82, 2.24) is 14.6 Å². The van der Waals surface area contributed by atoms with E-state index >= 15 is 0 Å². The average molecular weight is 341 g/mol. The molecule has 0 spiro atoms. The van der Waals surface area contributed by atoms with Gasteiger partial charge in [0.1, 0.15) is 5.02 Å². The highest BCUT2D eigenvalue weighted by Gasteiger charge is 2.16. The fraction of sp³-hybridized carbons (Fsp3) is 0.235. The Morgan fingerprint density at radius 2 is 2.21 bits per heavy atom. The molecule has 0 aliphatic heterocycles. The predicted molar refractivity (Wildman–Crippen MR) is 95.4 cm³/mol. The van der Waals surface area contributed by atoms with Crippen LogP contribution in [0.25, 0.3) is 5.65 Å². The predicted octanol–water partition coefficient (Wildman–Crippen LogP) is 3.47. The molecule has 0 atom stereocenters. The minimum Gasteiger partial charge on any atom is -0.372 e. The smallest absolute Gasteiger partial charge is 0.162 e. The molecule has 122 valence electrons. The van der Waals surface area contributed by atoms with Gasteiger partial charge < -0.3 is 10.6 Å². The van der Waals surface area contributed by atoms with E-state index in [-0.39, 0.29) is 0 Å². The number of hydrogen-bond acceptors (Lipinski definition) is 5. The quantitative estimate of drug-likeness (QED) is 0.743. The average Bonchev–Trinajstić information content (AvgIpc) is 3.03. The van der Waals surface area contributed by atoms with Crippen LogP contribution in [0.15, 0.2) is 30.5 Å². The van der Waals surface area contributed by atoms with Crippen LogP contribution in [0.2, 0.25) is 5.02 Å². The van der Waals surface area contributed by atoms with Crippen molar-refractivity contribution < 1.29 is 0 Å². The van der Waals surface area contributed by atoms with Crippen LogP contribution in [-0.2, 0) is 13.0 Å². The molecular formula is C17H17ClN6. The highest BCUT2D eigenvalue weighted by Crippen LogP contribution is 2.30. The maximum atomic E-state index is 9.01. The highest BCUT2D eigenvalue weighted by atomic mass is 35.5. The number of anilines is 2. The van der Waals surface area contributed by atoms with E-state index in [2.05, 4.69) is 33.7 Å². The molecule has 6 nitrogen and oxygen atoms in total. The Bertz CT molecular complexity index is 925. The van der Waals surface area contributed by atoms with E-state index in [4.69, 9.17) is 16.9 Å². The Balaban J connectivity index is 2.00. The molecule has 1 aromatic carbocycles. The number of fused-ring (bicyclic) bond motifs is 1. The standard InChI is InChI=1S/C17H17ClN6/c1-3-13-10-22-24-16(13)23-15(20-2)14(18)17(24)21-9-12-6-4-5-11(7-12)8-19/h4-7,10,21H,3,9H2,1-2H3,(H,20,23). The molecule has 0 bridgehead atoms. The zero-order valence-corrected chi connectivity index (χ0v) is 14.2. The molecule has 0 saturated carbocycles. The molecule has 2 aromatic heterocycles. The molecule has 24 heavy (non-hydrogen) atoms. The fourth-order valence-electron chi connectivity index (χ4n) is 2.52. The first kappa shape index (κ1) is 16.1. The van der Waals surface area contributed by atoms with Gasteiger partial charge in [-0.3, -0.25) is 0 Å². The van der Waals surface area contributed by atoms with Gasteiger partial charge in [0.25, 0.3) is 0 Å². The van der Waals surface area contributed by atoms with E-state index in [0.29, 0.717) is 28.8 Å². The van der Waals surface area contributed by atoms with E-state index in [9.17, 15) is 0 Å². The van der Waals surface area contributed by atoms with E-state index in [1.54, 1.807) is 23.8 Å². The lowest BCUT2D eigenvalue weighted by Gasteiger charge is -2.13. The molecule has 0 radical (unpaired) electrons. The van der Waals surface area contributed by atoms with Gasteiger partial charge in [-0.2, -0.15) is 14.9 Å². The van der Waals surface area contributed by atoms with E-state index in [0.717, 1.165) is 23.2 Å². The number of nitrogens with one attached hydrogen (secondary N) is 2. The van der Waals surface area contributed by atoms with Crippen LogP contribution in [-0.4, -0.2) is 21.6 Å². The van der Waals surface area contributed by atoms with Crippen molar-refractivity contribution in [2.75, 3.05) is 17.7 Å². The van der Waals surface area contributed by atoms with Crippen LogP contribution in [0.5, 0.6) is 0 Å². The van der Waals surface area contributed by atoms with Gasteiger partial charge in [0.2, 0.25) is 0 Å². The minimum absolute atomic E-state index is 0.479. The topological polar surface area (TPSA) is 78.0 Å². The lowest BCUT2D eigenvalue weighted by molar-refractivity contribution is 0.926. The van der Waals surface area contributed by atoms with E-state index in [1.165, 1.54) is 0 Å². The molecule has 0 saturated heterocycles. The van der Waals surface area contributed by atoms with Crippen molar-refractivity contribution in [3.63, 3.8) is 0 Å². The Morgan fingerprint density at radius 3 is 2.92 bits per heavy atom. The summed E-state index contributed by atoms with van der Waals surface area (Å²) in [6, 6.07) is 9.59. The monoisotopic (exact) mass is 340 g/mol. The zero-order chi connectivity index (χ0) is 17.1. The molecule has 7 heteroatoms. The Hall–Kier alpha value is -2.78. The molecule has 0 unspecified atom stereocenters. The number of nitrogens with zero attached hydrogens (tertiary/aromatic N) is 4. The van der Waals surface area contributed by atoms with E-state index < -0.39 is 0 Å². The number of rotatable bonds is 5. The molecule has 2 N–H and O–H groups in total. The first-order chi connectivity index (χ1) is 11.7. The molecule has 0 amide bonds. The third kappa shape index (κ3) is 2.86. The number of aryl methyl sites for hydroxylation is 1. The number of aromatic nitrogens is 3. The van der Waals surface area contributed by atoms with Crippen LogP contribution >= 0.6 is 11.6 Å². The third-order valence-electron chi connectivity index (χ3n) is 3.80. The molecular weight excluding hydrogens is 324 g/mol. The molecule has 3 rings (SSSR count). The van der Waals surface area contributed by atoms with Crippen molar-refractivity contribution in [2.45, 2.75) is 19.9 Å². The summed E-state index contributed by atoms with van der Waals surface area (Å²) in [6.45, 7) is 2.59. The lowest BCUT2D eigenvalue weighted by Crippen LogP contribution is -2.09. The Labute approximate surface area is 145 Å². The minimum atomic E-state index is 0.479. The normalized spacial score (nSPS) is 10.6. The summed E-state index contributed by atoms with van der Waals surface area (Å²) >= 11 is 6.46. The first-order valence-electron chi connectivity index (χ1n) is 7.64. The van der Waals surface area contributed by atoms with Crippen molar-refractivity contribution in [1.29, 1.82) is 5.26 Å². The van der Waals surface area contributed by atoms with Crippen molar-refractivity contribution in [2.24, 2.45) is 0 Å². The van der Waals surface area contributed by atoms with Crippen LogP contribution in [0.3, 0.4) is 0 Å². The van der Waals surface area contributed by atoms with Crippen LogP contribution in [0.1, 0.15) is 23.6 Å². The van der Waals surface area contributed by atoms with Gasteiger partial charge in [-0.15, -0.1) is 0 Å². The summed E-state index contributed by atoms with van der Waals surface area (Å²) in [6.07, 6.45) is 2.64. The molecule has 0 aliphatic carbocycles. The van der Waals surface area contributed by atoms with Gasteiger partial charge in [0.05, 0.1) is 17.8 Å². The Kier molecular flexibility index (Phi) is 4.54. The van der Waals surface area contributed by atoms with Gasteiger partial charge >= 0.3 is 0 Å². The van der Waals surface area contributed by atoms with Gasteiger partial charge in [0.15, 0.2) is 17.3 Å². The zero-order valence-electron chi connectivity index (χ0n) is 13.5. The first-order valence-corrected chi connectivity index (χ1v) is 8.02. The van der Waals surface area contributed by atoms with Crippen molar-refractivity contribution in [3.05, 3.63) is 52.2 Å². The largest absolute Gasteiger partial charge is 0.372 e. The van der Waals surface area contributed by atoms with Gasteiger partial charge in [-0.25, -0.2) is 4.98 Å².